The van der Waals surface area contributed by atoms with Crippen LogP contribution in [0, 0.1) is 11.6 Å². The zero-order chi connectivity index (χ0) is 14.9. The van der Waals surface area contributed by atoms with E-state index in [0.29, 0.717) is 10.2 Å². The smallest absolute Gasteiger partial charge is 0.133 e. The van der Waals surface area contributed by atoms with Crippen molar-refractivity contribution in [1.29, 1.82) is 0 Å². The maximum Gasteiger partial charge on any atom is 0.133 e. The van der Waals surface area contributed by atoms with Crippen molar-refractivity contribution in [3.8, 4) is 5.75 Å². The summed E-state index contributed by atoms with van der Waals surface area (Å²) in [5.41, 5.74) is -0.133. The van der Waals surface area contributed by atoms with E-state index in [1.165, 1.54) is 7.11 Å². The minimum Gasteiger partial charge on any atom is -0.496 e. The molecule has 0 aliphatic rings. The lowest BCUT2D eigenvalue weighted by Gasteiger charge is -2.17. The number of hydrogen-bond acceptors (Lipinski definition) is 2. The molecule has 0 radical (unpaired) electrons. The number of hydrogen-bond donors (Lipinski definition) is 1. The molecule has 0 saturated carbocycles. The molecule has 0 aliphatic carbocycles. The van der Waals surface area contributed by atoms with Gasteiger partial charge in [0.1, 0.15) is 23.5 Å². The van der Waals surface area contributed by atoms with Crippen molar-refractivity contribution < 1.29 is 18.6 Å². The van der Waals surface area contributed by atoms with Crippen LogP contribution in [0.4, 0.5) is 8.78 Å². The van der Waals surface area contributed by atoms with Gasteiger partial charge in [0.05, 0.1) is 12.7 Å². The molecular weight excluding hydrogens is 398 g/mol. The molecule has 1 unspecified atom stereocenters. The number of aliphatic hydroxyl groups excluding tert-OH is 1. The number of rotatable bonds is 3. The summed E-state index contributed by atoms with van der Waals surface area (Å²) in [6.07, 6.45) is -1.46. The standard InChI is InChI=1S/C14H10Br2F2O2/c1-20-12-3-2-7(15)4-9(12)14(19)13-10(17)5-8(16)6-11(13)18/h2-6,14,19H,1H3. The SMILES string of the molecule is COc1ccc(Br)cc1C(O)c1c(F)cc(Br)cc1F. The Kier molecular flexibility index (Phi) is 4.78. The molecule has 0 fully saturated rings. The van der Waals surface area contributed by atoms with Gasteiger partial charge in [0, 0.05) is 14.5 Å². The van der Waals surface area contributed by atoms with Crippen LogP contribution >= 0.6 is 31.9 Å². The highest BCUT2D eigenvalue weighted by atomic mass is 79.9. The third kappa shape index (κ3) is 3.02. The summed E-state index contributed by atoms with van der Waals surface area (Å²) in [7, 11) is 1.42. The monoisotopic (exact) mass is 406 g/mol. The zero-order valence-electron chi connectivity index (χ0n) is 10.3. The van der Waals surface area contributed by atoms with Crippen LogP contribution in [-0.2, 0) is 0 Å². The van der Waals surface area contributed by atoms with E-state index in [-0.39, 0.29) is 10.0 Å². The van der Waals surface area contributed by atoms with Crippen molar-refractivity contribution in [2.45, 2.75) is 6.10 Å². The van der Waals surface area contributed by atoms with Crippen LogP contribution in [-0.4, -0.2) is 12.2 Å². The predicted octanol–water partition coefficient (Wildman–Crippen LogP) is 4.58. The van der Waals surface area contributed by atoms with E-state index in [9.17, 15) is 13.9 Å². The lowest BCUT2D eigenvalue weighted by Crippen LogP contribution is -2.07. The Hall–Kier alpha value is -0.980. The molecule has 0 spiro atoms. The zero-order valence-corrected chi connectivity index (χ0v) is 13.5. The third-order valence-corrected chi connectivity index (χ3v) is 3.75. The van der Waals surface area contributed by atoms with Crippen LogP contribution in [0.15, 0.2) is 39.3 Å². The lowest BCUT2D eigenvalue weighted by atomic mass is 9.99. The Bertz CT molecular complexity index is 624. The topological polar surface area (TPSA) is 29.5 Å². The van der Waals surface area contributed by atoms with Crippen molar-refractivity contribution in [3.63, 3.8) is 0 Å². The first kappa shape index (κ1) is 15.4. The van der Waals surface area contributed by atoms with Crippen LogP contribution in [0.3, 0.4) is 0 Å². The molecule has 0 bridgehead atoms. The van der Waals surface area contributed by atoms with Gasteiger partial charge < -0.3 is 9.84 Å². The maximum absolute atomic E-state index is 13.9. The van der Waals surface area contributed by atoms with E-state index < -0.39 is 23.3 Å². The summed E-state index contributed by atoms with van der Waals surface area (Å²) in [4.78, 5) is 0. The molecule has 0 aromatic heterocycles. The molecule has 0 amide bonds. The highest BCUT2D eigenvalue weighted by Crippen LogP contribution is 2.35. The second-order valence-corrected chi connectivity index (χ2v) is 5.90. The lowest BCUT2D eigenvalue weighted by molar-refractivity contribution is 0.204. The van der Waals surface area contributed by atoms with Crippen LogP contribution in [0.1, 0.15) is 17.2 Å². The molecule has 0 heterocycles. The minimum absolute atomic E-state index is 0.268. The molecule has 0 aliphatic heterocycles. The predicted molar refractivity (Wildman–Crippen MR) is 78.8 cm³/mol. The molecule has 1 atom stereocenters. The summed E-state index contributed by atoms with van der Waals surface area (Å²) in [5, 5.41) is 10.3. The molecule has 2 aromatic rings. The Balaban J connectivity index is 2.57. The fourth-order valence-electron chi connectivity index (χ4n) is 1.89. The fraction of sp³-hybridized carbons (Fsp3) is 0.143. The molecule has 20 heavy (non-hydrogen) atoms. The number of benzene rings is 2. The van der Waals surface area contributed by atoms with Gasteiger partial charge in [-0.1, -0.05) is 31.9 Å². The second-order valence-electron chi connectivity index (χ2n) is 4.07. The normalized spacial score (nSPS) is 12.3. The van der Waals surface area contributed by atoms with Gasteiger partial charge in [-0.2, -0.15) is 0 Å². The van der Waals surface area contributed by atoms with Gasteiger partial charge >= 0.3 is 0 Å². The van der Waals surface area contributed by atoms with E-state index in [0.717, 1.165) is 12.1 Å². The number of ether oxygens (including phenoxy) is 1. The Morgan fingerprint density at radius 3 is 2.20 bits per heavy atom. The summed E-state index contributed by atoms with van der Waals surface area (Å²) >= 11 is 6.25. The minimum atomic E-state index is -1.46. The molecule has 6 heteroatoms. The molecule has 1 N–H and O–H groups in total. The largest absolute Gasteiger partial charge is 0.496 e. The van der Waals surface area contributed by atoms with Gasteiger partial charge in [0.25, 0.3) is 0 Å². The number of halogens is 4. The van der Waals surface area contributed by atoms with E-state index in [4.69, 9.17) is 4.74 Å². The van der Waals surface area contributed by atoms with E-state index in [1.54, 1.807) is 18.2 Å². The average Bonchev–Trinajstić information content (AvgIpc) is 2.37. The van der Waals surface area contributed by atoms with Crippen LogP contribution in [0.2, 0.25) is 0 Å². The molecule has 2 nitrogen and oxygen atoms in total. The summed E-state index contributed by atoms with van der Waals surface area (Å²) in [6.45, 7) is 0. The quantitative estimate of drug-likeness (QED) is 0.806. The number of aliphatic hydroxyl groups is 1. The Morgan fingerprint density at radius 2 is 1.65 bits per heavy atom. The fourth-order valence-corrected chi connectivity index (χ4v) is 2.67. The van der Waals surface area contributed by atoms with Gasteiger partial charge in [0.15, 0.2) is 0 Å². The molecule has 2 aromatic carbocycles. The van der Waals surface area contributed by atoms with Gasteiger partial charge in [-0.25, -0.2) is 8.78 Å². The van der Waals surface area contributed by atoms with Gasteiger partial charge in [-0.3, -0.25) is 0 Å². The first-order valence-corrected chi connectivity index (χ1v) is 7.18. The Labute approximate surface area is 131 Å². The first-order chi connectivity index (χ1) is 9.43. The van der Waals surface area contributed by atoms with Gasteiger partial charge in [-0.15, -0.1) is 0 Å². The van der Waals surface area contributed by atoms with Crippen molar-refractivity contribution in [3.05, 3.63) is 62.0 Å². The summed E-state index contributed by atoms with van der Waals surface area (Å²) in [5.74, 6) is -1.31. The van der Waals surface area contributed by atoms with Gasteiger partial charge in [0.2, 0.25) is 0 Å². The van der Waals surface area contributed by atoms with E-state index in [1.807, 2.05) is 0 Å². The maximum atomic E-state index is 13.9. The molecule has 106 valence electrons. The molecule has 0 saturated heterocycles. The van der Waals surface area contributed by atoms with Crippen LogP contribution in [0.25, 0.3) is 0 Å². The summed E-state index contributed by atoms with van der Waals surface area (Å²) < 4.78 is 33.9. The van der Waals surface area contributed by atoms with Crippen molar-refractivity contribution in [2.24, 2.45) is 0 Å². The Morgan fingerprint density at radius 1 is 1.05 bits per heavy atom. The second kappa shape index (κ2) is 6.20. The van der Waals surface area contributed by atoms with E-state index >= 15 is 0 Å². The molecule has 2 rings (SSSR count). The van der Waals surface area contributed by atoms with Crippen molar-refractivity contribution in [2.75, 3.05) is 7.11 Å². The highest BCUT2D eigenvalue weighted by molar-refractivity contribution is 9.10. The van der Waals surface area contributed by atoms with Gasteiger partial charge in [-0.05, 0) is 30.3 Å². The number of methoxy groups -OCH3 is 1. The molecular formula is C14H10Br2F2O2. The highest BCUT2D eigenvalue weighted by Gasteiger charge is 2.23. The van der Waals surface area contributed by atoms with Crippen molar-refractivity contribution >= 4 is 31.9 Å². The third-order valence-electron chi connectivity index (χ3n) is 2.80. The summed E-state index contributed by atoms with van der Waals surface area (Å²) in [6, 6.07) is 7.09. The average molecular weight is 408 g/mol. The van der Waals surface area contributed by atoms with Crippen molar-refractivity contribution in [1.82, 2.24) is 0 Å². The first-order valence-electron chi connectivity index (χ1n) is 5.60. The van der Waals surface area contributed by atoms with Crippen LogP contribution in [0.5, 0.6) is 5.75 Å². The van der Waals surface area contributed by atoms with Crippen LogP contribution < -0.4 is 4.74 Å². The van der Waals surface area contributed by atoms with E-state index in [2.05, 4.69) is 31.9 Å².